The predicted octanol–water partition coefficient (Wildman–Crippen LogP) is 3.73. The van der Waals surface area contributed by atoms with Gasteiger partial charge >= 0.3 is 0 Å². The van der Waals surface area contributed by atoms with Gasteiger partial charge in [-0.25, -0.2) is 0 Å². The van der Waals surface area contributed by atoms with Crippen LogP contribution in [0.3, 0.4) is 0 Å². The Bertz CT molecular complexity index is 596. The number of fused-ring (bicyclic) bond motifs is 1. The molecule has 0 aliphatic heterocycles. The van der Waals surface area contributed by atoms with Crippen molar-refractivity contribution in [3.63, 3.8) is 0 Å². The Labute approximate surface area is 120 Å². The minimum Gasteiger partial charge on any atom is -0.497 e. The van der Waals surface area contributed by atoms with Crippen molar-refractivity contribution in [2.75, 3.05) is 12.5 Å². The van der Waals surface area contributed by atoms with Gasteiger partial charge in [-0.05, 0) is 68.5 Å². The van der Waals surface area contributed by atoms with Gasteiger partial charge in [0.1, 0.15) is 5.75 Å². The van der Waals surface area contributed by atoms with Crippen LogP contribution in [0.25, 0.3) is 0 Å². The highest BCUT2D eigenvalue weighted by Gasteiger charge is 2.21. The van der Waals surface area contributed by atoms with Gasteiger partial charge in [0.2, 0.25) is 0 Å². The Kier molecular flexibility index (Phi) is 3.43. The Morgan fingerprint density at radius 3 is 2.60 bits per heavy atom. The van der Waals surface area contributed by atoms with Crippen LogP contribution in [0.4, 0.5) is 0 Å². The minimum absolute atomic E-state index is 0.360. The third kappa shape index (κ3) is 2.28. The highest BCUT2D eigenvalue weighted by Crippen LogP contribution is 2.33. The number of benzene rings is 1. The molecule has 1 aliphatic rings. The van der Waals surface area contributed by atoms with E-state index >= 15 is 0 Å². The van der Waals surface area contributed by atoms with Gasteiger partial charge in [0.05, 0.1) is 13.2 Å². The van der Waals surface area contributed by atoms with E-state index in [0.29, 0.717) is 6.04 Å². The summed E-state index contributed by atoms with van der Waals surface area (Å²) in [5.41, 5.74) is 8.98. The molecule has 0 radical (unpaired) electrons. The van der Waals surface area contributed by atoms with Gasteiger partial charge in [-0.1, -0.05) is 6.07 Å². The molecule has 2 aromatic rings. The predicted molar refractivity (Wildman–Crippen MR) is 81.9 cm³/mol. The third-order valence-corrected chi connectivity index (χ3v) is 4.22. The molecule has 3 rings (SSSR count). The third-order valence-electron chi connectivity index (χ3n) is 4.22. The SMILES string of the molecule is COc1ccc2c(c1)C(Nn1c(C)ccc1C)CCC2. The summed E-state index contributed by atoms with van der Waals surface area (Å²) >= 11 is 0. The molecule has 20 heavy (non-hydrogen) atoms. The van der Waals surface area contributed by atoms with E-state index in [4.69, 9.17) is 4.74 Å². The minimum atomic E-state index is 0.360. The molecule has 0 saturated heterocycles. The van der Waals surface area contributed by atoms with Crippen molar-refractivity contribution in [1.29, 1.82) is 0 Å². The molecule has 1 heterocycles. The lowest BCUT2D eigenvalue weighted by molar-refractivity contribution is 0.412. The number of methoxy groups -OCH3 is 1. The largest absolute Gasteiger partial charge is 0.497 e. The monoisotopic (exact) mass is 270 g/mol. The fourth-order valence-electron chi connectivity index (χ4n) is 3.07. The molecule has 0 bridgehead atoms. The van der Waals surface area contributed by atoms with Crippen LogP contribution in [0.15, 0.2) is 30.3 Å². The van der Waals surface area contributed by atoms with Crippen LogP contribution < -0.4 is 10.2 Å². The van der Waals surface area contributed by atoms with Crippen molar-refractivity contribution in [3.05, 3.63) is 52.8 Å². The molecule has 0 fully saturated rings. The summed E-state index contributed by atoms with van der Waals surface area (Å²) in [6, 6.07) is 11.1. The van der Waals surface area contributed by atoms with E-state index in [1.165, 1.54) is 35.4 Å². The highest BCUT2D eigenvalue weighted by atomic mass is 16.5. The number of nitrogens with zero attached hydrogens (tertiary/aromatic N) is 1. The van der Waals surface area contributed by atoms with E-state index in [1.54, 1.807) is 7.11 Å². The molecule has 1 aliphatic carbocycles. The summed E-state index contributed by atoms with van der Waals surface area (Å²) < 4.78 is 7.57. The lowest BCUT2D eigenvalue weighted by Crippen LogP contribution is -2.26. The number of aromatic nitrogens is 1. The summed E-state index contributed by atoms with van der Waals surface area (Å²) in [5.74, 6) is 0.943. The first kappa shape index (κ1) is 13.1. The van der Waals surface area contributed by atoms with Crippen LogP contribution in [-0.2, 0) is 6.42 Å². The van der Waals surface area contributed by atoms with Crippen molar-refractivity contribution in [2.45, 2.75) is 39.2 Å². The van der Waals surface area contributed by atoms with E-state index in [1.807, 2.05) is 0 Å². The molecule has 1 aromatic carbocycles. The molecule has 1 atom stereocenters. The summed E-state index contributed by atoms with van der Waals surface area (Å²) in [5, 5.41) is 0. The van der Waals surface area contributed by atoms with Crippen LogP contribution in [0, 0.1) is 13.8 Å². The van der Waals surface area contributed by atoms with E-state index in [-0.39, 0.29) is 0 Å². The number of rotatable bonds is 3. The Balaban J connectivity index is 1.93. The second-order valence-electron chi connectivity index (χ2n) is 5.59. The van der Waals surface area contributed by atoms with Crippen LogP contribution in [0.2, 0.25) is 0 Å². The van der Waals surface area contributed by atoms with Crippen LogP contribution >= 0.6 is 0 Å². The summed E-state index contributed by atoms with van der Waals surface area (Å²) in [4.78, 5) is 0. The van der Waals surface area contributed by atoms with E-state index < -0.39 is 0 Å². The van der Waals surface area contributed by atoms with Gasteiger partial charge in [-0.3, -0.25) is 4.68 Å². The van der Waals surface area contributed by atoms with Crippen molar-refractivity contribution in [3.8, 4) is 5.75 Å². The zero-order valence-corrected chi connectivity index (χ0v) is 12.4. The Hall–Kier alpha value is -1.90. The zero-order valence-electron chi connectivity index (χ0n) is 12.4. The maximum absolute atomic E-state index is 5.38. The second kappa shape index (κ2) is 5.23. The first-order chi connectivity index (χ1) is 9.69. The standard InChI is InChI=1S/C17H22N2O/c1-12-7-8-13(2)19(12)18-17-6-4-5-14-9-10-15(20-3)11-16(14)17/h7-11,17-18H,4-6H2,1-3H3. The molecule has 0 spiro atoms. The van der Waals surface area contributed by atoms with Crippen LogP contribution in [0.1, 0.15) is 41.4 Å². The lowest BCUT2D eigenvalue weighted by atomic mass is 9.88. The molecule has 0 saturated carbocycles. The van der Waals surface area contributed by atoms with Gasteiger partial charge in [-0.15, -0.1) is 0 Å². The van der Waals surface area contributed by atoms with E-state index in [9.17, 15) is 0 Å². The van der Waals surface area contributed by atoms with E-state index in [2.05, 4.69) is 54.3 Å². The van der Waals surface area contributed by atoms with Crippen molar-refractivity contribution in [2.24, 2.45) is 0 Å². The quantitative estimate of drug-likeness (QED) is 0.919. The molecular weight excluding hydrogens is 248 g/mol. The maximum Gasteiger partial charge on any atom is 0.119 e. The normalized spacial score (nSPS) is 17.6. The summed E-state index contributed by atoms with van der Waals surface area (Å²) in [6.07, 6.45) is 3.56. The molecule has 3 heteroatoms. The summed E-state index contributed by atoms with van der Waals surface area (Å²) in [7, 11) is 1.73. The molecule has 1 unspecified atom stereocenters. The number of aryl methyl sites for hydroxylation is 3. The van der Waals surface area contributed by atoms with Gasteiger partial charge in [0.15, 0.2) is 0 Å². The summed E-state index contributed by atoms with van der Waals surface area (Å²) in [6.45, 7) is 4.27. The van der Waals surface area contributed by atoms with Gasteiger partial charge in [0, 0.05) is 11.4 Å². The first-order valence-corrected chi connectivity index (χ1v) is 7.27. The molecule has 0 amide bonds. The Morgan fingerprint density at radius 1 is 1.15 bits per heavy atom. The molecular formula is C17H22N2O. The topological polar surface area (TPSA) is 26.2 Å². The molecule has 106 valence electrons. The van der Waals surface area contributed by atoms with Crippen molar-refractivity contribution >= 4 is 0 Å². The maximum atomic E-state index is 5.38. The number of nitrogens with one attached hydrogen (secondary N) is 1. The van der Waals surface area contributed by atoms with Crippen LogP contribution in [-0.4, -0.2) is 11.8 Å². The van der Waals surface area contributed by atoms with Crippen molar-refractivity contribution in [1.82, 2.24) is 4.68 Å². The smallest absolute Gasteiger partial charge is 0.119 e. The highest BCUT2D eigenvalue weighted by molar-refractivity contribution is 5.40. The molecule has 1 N–H and O–H groups in total. The fraction of sp³-hybridized carbons (Fsp3) is 0.412. The average molecular weight is 270 g/mol. The second-order valence-corrected chi connectivity index (χ2v) is 5.59. The van der Waals surface area contributed by atoms with E-state index in [0.717, 1.165) is 12.2 Å². The Morgan fingerprint density at radius 2 is 1.90 bits per heavy atom. The average Bonchev–Trinajstić information content (AvgIpc) is 2.79. The lowest BCUT2D eigenvalue weighted by Gasteiger charge is -2.29. The first-order valence-electron chi connectivity index (χ1n) is 7.27. The fourth-order valence-corrected chi connectivity index (χ4v) is 3.07. The molecule has 1 aromatic heterocycles. The van der Waals surface area contributed by atoms with Gasteiger partial charge < -0.3 is 10.2 Å². The number of ether oxygens (including phenoxy) is 1. The van der Waals surface area contributed by atoms with Gasteiger partial charge in [0.25, 0.3) is 0 Å². The van der Waals surface area contributed by atoms with Crippen molar-refractivity contribution < 1.29 is 4.74 Å². The zero-order chi connectivity index (χ0) is 14.1. The number of hydrogen-bond acceptors (Lipinski definition) is 2. The number of hydrogen-bond donors (Lipinski definition) is 1. The van der Waals surface area contributed by atoms with Gasteiger partial charge in [-0.2, -0.15) is 0 Å². The van der Waals surface area contributed by atoms with Crippen LogP contribution in [0.5, 0.6) is 5.75 Å². The molecule has 3 nitrogen and oxygen atoms in total.